The first-order valence-corrected chi connectivity index (χ1v) is 10.0. The number of amides is 2. The Morgan fingerprint density at radius 2 is 1.70 bits per heavy atom. The second kappa shape index (κ2) is 10.3. The molecule has 27 heavy (non-hydrogen) atoms. The van der Waals surface area contributed by atoms with E-state index in [0.29, 0.717) is 10.8 Å². The molecular weight excluding hydrogens is 387 g/mol. The molecule has 0 aliphatic heterocycles. The van der Waals surface area contributed by atoms with Crippen molar-refractivity contribution >= 4 is 35.2 Å². The summed E-state index contributed by atoms with van der Waals surface area (Å²) in [6, 6.07) is 12.8. The Labute approximate surface area is 168 Å². The molecule has 0 bridgehead atoms. The fourth-order valence-electron chi connectivity index (χ4n) is 2.50. The number of halogens is 2. The highest BCUT2D eigenvalue weighted by Gasteiger charge is 2.25. The van der Waals surface area contributed by atoms with Crippen LogP contribution in [0.1, 0.15) is 18.1 Å². The van der Waals surface area contributed by atoms with Gasteiger partial charge in [-0.25, -0.2) is 4.39 Å². The minimum absolute atomic E-state index is 0.144. The van der Waals surface area contributed by atoms with E-state index in [1.54, 1.807) is 19.1 Å². The smallest absolute Gasteiger partial charge is 0.242 e. The Morgan fingerprint density at radius 1 is 1.11 bits per heavy atom. The van der Waals surface area contributed by atoms with Gasteiger partial charge < -0.3 is 10.2 Å². The predicted octanol–water partition coefficient (Wildman–Crippen LogP) is 3.88. The molecule has 2 aromatic carbocycles. The number of benzene rings is 2. The van der Waals surface area contributed by atoms with Crippen molar-refractivity contribution in [3.8, 4) is 0 Å². The van der Waals surface area contributed by atoms with E-state index in [2.05, 4.69) is 5.32 Å². The topological polar surface area (TPSA) is 49.4 Å². The summed E-state index contributed by atoms with van der Waals surface area (Å²) in [5.41, 5.74) is 1.84. The first-order valence-electron chi connectivity index (χ1n) is 8.48. The SMILES string of the molecule is CNC(=O)[C@@H](C)N(Cc1ccc(F)cc1)C(=O)CSCc1ccc(Cl)cc1. The van der Waals surface area contributed by atoms with Gasteiger partial charge in [-0.3, -0.25) is 9.59 Å². The van der Waals surface area contributed by atoms with Gasteiger partial charge in [0, 0.05) is 24.4 Å². The van der Waals surface area contributed by atoms with Crippen molar-refractivity contribution in [2.45, 2.75) is 25.3 Å². The lowest BCUT2D eigenvalue weighted by Gasteiger charge is -2.28. The molecule has 2 rings (SSSR count). The maximum atomic E-state index is 13.1. The van der Waals surface area contributed by atoms with Crippen molar-refractivity contribution in [2.75, 3.05) is 12.8 Å². The van der Waals surface area contributed by atoms with Gasteiger partial charge in [-0.05, 0) is 42.3 Å². The van der Waals surface area contributed by atoms with Crippen LogP contribution in [0, 0.1) is 5.82 Å². The average molecular weight is 409 g/mol. The molecule has 0 saturated carbocycles. The van der Waals surface area contributed by atoms with Crippen molar-refractivity contribution < 1.29 is 14.0 Å². The quantitative estimate of drug-likeness (QED) is 0.721. The largest absolute Gasteiger partial charge is 0.357 e. The summed E-state index contributed by atoms with van der Waals surface area (Å²) in [5.74, 6) is 0.185. The molecule has 0 aliphatic rings. The summed E-state index contributed by atoms with van der Waals surface area (Å²) in [6.07, 6.45) is 0. The van der Waals surface area contributed by atoms with Gasteiger partial charge >= 0.3 is 0 Å². The summed E-state index contributed by atoms with van der Waals surface area (Å²) in [7, 11) is 1.54. The number of hydrogen-bond donors (Lipinski definition) is 1. The van der Waals surface area contributed by atoms with Crippen LogP contribution in [0.15, 0.2) is 48.5 Å². The number of thioether (sulfide) groups is 1. The summed E-state index contributed by atoms with van der Waals surface area (Å²) in [5, 5.41) is 3.24. The molecule has 0 heterocycles. The molecule has 0 unspecified atom stereocenters. The van der Waals surface area contributed by atoms with Crippen LogP contribution >= 0.6 is 23.4 Å². The fourth-order valence-corrected chi connectivity index (χ4v) is 3.49. The van der Waals surface area contributed by atoms with E-state index >= 15 is 0 Å². The summed E-state index contributed by atoms with van der Waals surface area (Å²) >= 11 is 7.35. The van der Waals surface area contributed by atoms with E-state index in [9.17, 15) is 14.0 Å². The van der Waals surface area contributed by atoms with Crippen LogP contribution in [0.25, 0.3) is 0 Å². The summed E-state index contributed by atoms with van der Waals surface area (Å²) in [6.45, 7) is 1.93. The van der Waals surface area contributed by atoms with Gasteiger partial charge in [0.05, 0.1) is 5.75 Å². The normalized spacial score (nSPS) is 11.7. The lowest BCUT2D eigenvalue weighted by molar-refractivity contribution is -0.138. The van der Waals surface area contributed by atoms with Crippen LogP contribution in [-0.2, 0) is 21.9 Å². The highest BCUT2D eigenvalue weighted by atomic mass is 35.5. The predicted molar refractivity (Wildman–Crippen MR) is 108 cm³/mol. The zero-order valence-corrected chi connectivity index (χ0v) is 16.8. The Balaban J connectivity index is 2.02. The first kappa shape index (κ1) is 21.3. The lowest BCUT2D eigenvalue weighted by atomic mass is 10.1. The van der Waals surface area contributed by atoms with Gasteiger partial charge in [0.2, 0.25) is 11.8 Å². The molecule has 2 amide bonds. The van der Waals surface area contributed by atoms with Gasteiger partial charge in [-0.2, -0.15) is 0 Å². The van der Waals surface area contributed by atoms with E-state index in [1.807, 2.05) is 24.3 Å². The van der Waals surface area contributed by atoms with Crippen molar-refractivity contribution in [1.82, 2.24) is 10.2 Å². The standard InChI is InChI=1S/C20H22ClFN2O2S/c1-14(20(26)23-2)24(11-15-5-9-18(22)10-6-15)19(25)13-27-12-16-3-7-17(21)8-4-16/h3-10,14H,11-13H2,1-2H3,(H,23,26)/t14-/m1/s1. The number of likely N-dealkylation sites (N-methyl/N-ethyl adjacent to an activating group) is 1. The second-order valence-electron chi connectivity index (χ2n) is 6.06. The number of nitrogens with zero attached hydrogens (tertiary/aromatic N) is 1. The molecular formula is C20H22ClFN2O2S. The zero-order chi connectivity index (χ0) is 19.8. The third-order valence-electron chi connectivity index (χ3n) is 4.09. The van der Waals surface area contributed by atoms with Crippen molar-refractivity contribution in [3.05, 3.63) is 70.5 Å². The molecule has 0 radical (unpaired) electrons. The second-order valence-corrected chi connectivity index (χ2v) is 7.48. The van der Waals surface area contributed by atoms with Gasteiger partial charge in [-0.1, -0.05) is 35.9 Å². The highest BCUT2D eigenvalue weighted by molar-refractivity contribution is 7.99. The van der Waals surface area contributed by atoms with Gasteiger partial charge in [-0.15, -0.1) is 11.8 Å². The van der Waals surface area contributed by atoms with Crippen molar-refractivity contribution in [1.29, 1.82) is 0 Å². The Morgan fingerprint density at radius 3 is 2.30 bits per heavy atom. The average Bonchev–Trinajstić information content (AvgIpc) is 2.67. The van der Waals surface area contributed by atoms with Crippen LogP contribution in [0.2, 0.25) is 5.02 Å². The van der Waals surface area contributed by atoms with E-state index in [1.165, 1.54) is 35.8 Å². The monoisotopic (exact) mass is 408 g/mol. The zero-order valence-electron chi connectivity index (χ0n) is 15.2. The summed E-state index contributed by atoms with van der Waals surface area (Å²) in [4.78, 5) is 26.3. The molecule has 4 nitrogen and oxygen atoms in total. The summed E-state index contributed by atoms with van der Waals surface area (Å²) < 4.78 is 13.1. The van der Waals surface area contributed by atoms with Crippen molar-refractivity contribution in [2.24, 2.45) is 0 Å². The Hall–Kier alpha value is -2.05. The molecule has 1 atom stereocenters. The van der Waals surface area contributed by atoms with Crippen LogP contribution < -0.4 is 5.32 Å². The van der Waals surface area contributed by atoms with E-state index in [0.717, 1.165) is 11.1 Å². The van der Waals surface area contributed by atoms with Crippen LogP contribution in [0.3, 0.4) is 0 Å². The van der Waals surface area contributed by atoms with Gasteiger partial charge in [0.25, 0.3) is 0 Å². The van der Waals surface area contributed by atoms with Crippen molar-refractivity contribution in [3.63, 3.8) is 0 Å². The number of hydrogen-bond acceptors (Lipinski definition) is 3. The molecule has 0 fully saturated rings. The highest BCUT2D eigenvalue weighted by Crippen LogP contribution is 2.18. The minimum atomic E-state index is -0.622. The van der Waals surface area contributed by atoms with Gasteiger partial charge in [0.15, 0.2) is 0 Å². The lowest BCUT2D eigenvalue weighted by Crippen LogP contribution is -2.47. The minimum Gasteiger partial charge on any atom is -0.357 e. The number of nitrogens with one attached hydrogen (secondary N) is 1. The van der Waals surface area contributed by atoms with E-state index in [4.69, 9.17) is 11.6 Å². The third kappa shape index (κ3) is 6.56. The molecule has 0 spiro atoms. The molecule has 7 heteroatoms. The maximum Gasteiger partial charge on any atom is 0.242 e. The molecule has 0 saturated heterocycles. The third-order valence-corrected chi connectivity index (χ3v) is 5.33. The van der Waals surface area contributed by atoms with Crippen LogP contribution in [0.5, 0.6) is 0 Å². The molecule has 2 aromatic rings. The van der Waals surface area contributed by atoms with Crippen LogP contribution in [0.4, 0.5) is 4.39 Å². The molecule has 0 aliphatic carbocycles. The first-order chi connectivity index (χ1) is 12.9. The fraction of sp³-hybridized carbons (Fsp3) is 0.300. The Bertz CT molecular complexity index is 769. The molecule has 0 aromatic heterocycles. The molecule has 1 N–H and O–H groups in total. The maximum absolute atomic E-state index is 13.1. The van der Waals surface area contributed by atoms with Crippen LogP contribution in [-0.4, -0.2) is 35.6 Å². The number of rotatable bonds is 8. The van der Waals surface area contributed by atoms with E-state index < -0.39 is 6.04 Å². The molecule has 144 valence electrons. The van der Waals surface area contributed by atoms with Gasteiger partial charge in [0.1, 0.15) is 11.9 Å². The number of carbonyl (C=O) groups is 2. The number of carbonyl (C=O) groups excluding carboxylic acids is 2. The van der Waals surface area contributed by atoms with E-state index in [-0.39, 0.29) is 29.9 Å². The Kier molecular flexibility index (Phi) is 8.13.